The van der Waals surface area contributed by atoms with E-state index in [0.29, 0.717) is 29.7 Å². The predicted molar refractivity (Wildman–Crippen MR) is 125 cm³/mol. The van der Waals surface area contributed by atoms with E-state index in [2.05, 4.69) is 10.3 Å². The molecule has 1 heterocycles. The van der Waals surface area contributed by atoms with Crippen LogP contribution in [0.3, 0.4) is 0 Å². The molecule has 2 unspecified atom stereocenters. The number of nitrogens with zero attached hydrogens (tertiary/aromatic N) is 1. The summed E-state index contributed by atoms with van der Waals surface area (Å²) in [6.45, 7) is 1.84. The molecular formula is C27H22F6N2O. The first-order chi connectivity index (χ1) is 17.0. The third-order valence-corrected chi connectivity index (χ3v) is 6.14. The summed E-state index contributed by atoms with van der Waals surface area (Å²) >= 11 is 0. The van der Waals surface area contributed by atoms with Gasteiger partial charge in [0.15, 0.2) is 0 Å². The highest BCUT2D eigenvalue weighted by Gasteiger charge is 2.37. The number of hydrogen-bond donors (Lipinski definition) is 1. The lowest BCUT2D eigenvalue weighted by molar-refractivity contribution is -0.143. The number of anilines is 1. The number of fused-ring (bicyclic) bond motifs is 1. The van der Waals surface area contributed by atoms with Crippen LogP contribution in [0, 0.1) is 0 Å². The summed E-state index contributed by atoms with van der Waals surface area (Å²) in [5.74, 6) is 0.0867. The average molecular weight is 504 g/mol. The van der Waals surface area contributed by atoms with Crippen LogP contribution in [0.1, 0.15) is 63.9 Å². The number of carbonyl (C=O) groups is 1. The lowest BCUT2D eigenvalue weighted by Gasteiger charge is -2.27. The van der Waals surface area contributed by atoms with Gasteiger partial charge in [0.25, 0.3) is 0 Å². The van der Waals surface area contributed by atoms with Crippen LogP contribution in [0.4, 0.5) is 32.0 Å². The van der Waals surface area contributed by atoms with E-state index < -0.39 is 23.5 Å². The van der Waals surface area contributed by atoms with Crippen LogP contribution in [0.5, 0.6) is 0 Å². The second-order valence-corrected chi connectivity index (χ2v) is 8.75. The van der Waals surface area contributed by atoms with Gasteiger partial charge in [-0.2, -0.15) is 26.3 Å². The zero-order valence-electron chi connectivity index (χ0n) is 19.1. The van der Waals surface area contributed by atoms with E-state index in [4.69, 9.17) is 0 Å². The normalized spacial score (nSPS) is 18.5. The van der Waals surface area contributed by atoms with Gasteiger partial charge in [0.2, 0.25) is 0 Å². The van der Waals surface area contributed by atoms with Gasteiger partial charge in [-0.1, -0.05) is 48.5 Å². The highest BCUT2D eigenvalue weighted by molar-refractivity contribution is 6.09. The van der Waals surface area contributed by atoms with Crippen LogP contribution in [0.25, 0.3) is 0 Å². The first kappa shape index (κ1) is 25.5. The minimum atomic E-state index is -4.95. The second kappa shape index (κ2) is 9.79. The quantitative estimate of drug-likeness (QED) is 0.293. The molecule has 0 aliphatic carbocycles. The number of aldehydes is 1. The number of aliphatic imine (C=N–C) groups is 1. The minimum Gasteiger partial charge on any atom is -0.340 e. The molecule has 0 saturated heterocycles. The molecule has 36 heavy (non-hydrogen) atoms. The van der Waals surface area contributed by atoms with Gasteiger partial charge in [0, 0.05) is 28.8 Å². The molecule has 0 radical (unpaired) electrons. The summed E-state index contributed by atoms with van der Waals surface area (Å²) in [5.41, 5.74) is -0.274. The summed E-state index contributed by atoms with van der Waals surface area (Å²) < 4.78 is 80.3. The third-order valence-electron chi connectivity index (χ3n) is 6.14. The van der Waals surface area contributed by atoms with E-state index in [1.807, 2.05) is 31.2 Å². The molecule has 188 valence electrons. The van der Waals surface area contributed by atoms with Gasteiger partial charge in [0.1, 0.15) is 12.1 Å². The van der Waals surface area contributed by atoms with Gasteiger partial charge in [-0.05, 0) is 49.1 Å². The van der Waals surface area contributed by atoms with Crippen LogP contribution in [-0.2, 0) is 12.4 Å². The fourth-order valence-electron chi connectivity index (χ4n) is 4.35. The van der Waals surface area contributed by atoms with Gasteiger partial charge in [-0.3, -0.25) is 9.79 Å². The molecule has 0 spiro atoms. The Morgan fingerprint density at radius 2 is 1.47 bits per heavy atom. The summed E-state index contributed by atoms with van der Waals surface area (Å²) in [5, 5.41) is 2.75. The Morgan fingerprint density at radius 3 is 2.06 bits per heavy atom. The Hall–Kier alpha value is -3.62. The van der Waals surface area contributed by atoms with Crippen molar-refractivity contribution in [2.45, 2.75) is 44.1 Å². The van der Waals surface area contributed by atoms with E-state index in [1.54, 1.807) is 24.3 Å². The molecule has 3 nitrogen and oxygen atoms in total. The van der Waals surface area contributed by atoms with Gasteiger partial charge < -0.3 is 5.32 Å². The number of rotatable bonds is 3. The van der Waals surface area contributed by atoms with Crippen molar-refractivity contribution in [2.24, 2.45) is 4.99 Å². The Balaban J connectivity index is 1.80. The fourth-order valence-corrected chi connectivity index (χ4v) is 4.35. The van der Waals surface area contributed by atoms with E-state index in [9.17, 15) is 31.1 Å². The molecule has 4 rings (SSSR count). The highest BCUT2D eigenvalue weighted by Crippen LogP contribution is 2.39. The van der Waals surface area contributed by atoms with E-state index >= 15 is 0 Å². The molecule has 3 aromatic carbocycles. The molecule has 1 aliphatic rings. The minimum absolute atomic E-state index is 0.0979. The van der Waals surface area contributed by atoms with Gasteiger partial charge in [-0.25, -0.2) is 0 Å². The third kappa shape index (κ3) is 5.61. The van der Waals surface area contributed by atoms with Crippen molar-refractivity contribution in [3.8, 4) is 0 Å². The SMILES string of the molecule is CC1CCC(c2ccc(C=O)cc2)c2ccccc2C(Nc2cc(C(F)(F)F)cc(C(F)(F)F)c2)=N1. The van der Waals surface area contributed by atoms with E-state index in [1.165, 1.54) is 0 Å². The molecule has 3 aromatic rings. The number of carbonyl (C=O) groups excluding carboxylic acids is 1. The fraction of sp³-hybridized carbons (Fsp3) is 0.259. The summed E-state index contributed by atoms with van der Waals surface area (Å²) in [7, 11) is 0. The standard InChI is InChI=1S/C27H22F6N2O/c1-16-6-11-22(18-9-7-17(15-36)8-10-18)23-4-2-3-5-24(23)25(34-16)35-21-13-19(26(28,29)30)12-20(14-21)27(31,32)33/h2-5,7-10,12-16,22H,6,11H2,1H3,(H,34,35). The number of halogens is 6. The number of alkyl halides is 6. The van der Waals surface area contributed by atoms with Gasteiger partial charge in [-0.15, -0.1) is 0 Å². The second-order valence-electron chi connectivity index (χ2n) is 8.75. The Bertz CT molecular complexity index is 1250. The maximum absolute atomic E-state index is 13.4. The van der Waals surface area contributed by atoms with Crippen molar-refractivity contribution < 1.29 is 31.1 Å². The van der Waals surface area contributed by atoms with Crippen molar-refractivity contribution in [1.29, 1.82) is 0 Å². The first-order valence-electron chi connectivity index (χ1n) is 11.2. The van der Waals surface area contributed by atoms with Crippen molar-refractivity contribution in [1.82, 2.24) is 0 Å². The van der Waals surface area contributed by atoms with Crippen LogP contribution in [0.15, 0.2) is 71.7 Å². The van der Waals surface area contributed by atoms with Crippen LogP contribution in [-0.4, -0.2) is 18.2 Å². The summed E-state index contributed by atoms with van der Waals surface area (Å²) in [6.07, 6.45) is -7.81. The van der Waals surface area contributed by atoms with Crippen LogP contribution >= 0.6 is 0 Å². The Morgan fingerprint density at radius 1 is 0.861 bits per heavy atom. The maximum Gasteiger partial charge on any atom is 0.416 e. The topological polar surface area (TPSA) is 41.5 Å². The van der Waals surface area contributed by atoms with Crippen LogP contribution in [0.2, 0.25) is 0 Å². The van der Waals surface area contributed by atoms with E-state index in [-0.39, 0.29) is 29.5 Å². The monoisotopic (exact) mass is 504 g/mol. The molecule has 9 heteroatoms. The van der Waals surface area contributed by atoms with E-state index in [0.717, 1.165) is 23.8 Å². The zero-order chi connectivity index (χ0) is 26.1. The van der Waals surface area contributed by atoms with Crippen molar-refractivity contribution in [2.75, 3.05) is 5.32 Å². The number of benzene rings is 3. The van der Waals surface area contributed by atoms with Crippen LogP contribution < -0.4 is 5.32 Å². The number of hydrogen-bond acceptors (Lipinski definition) is 3. The van der Waals surface area contributed by atoms with Crippen molar-refractivity contribution in [3.05, 3.63) is 100 Å². The molecule has 2 atom stereocenters. The molecule has 1 N–H and O–H groups in total. The van der Waals surface area contributed by atoms with Crippen molar-refractivity contribution >= 4 is 17.8 Å². The maximum atomic E-state index is 13.4. The lowest BCUT2D eigenvalue weighted by Crippen LogP contribution is -2.23. The predicted octanol–water partition coefficient (Wildman–Crippen LogP) is 7.71. The zero-order valence-corrected chi connectivity index (χ0v) is 19.1. The molecule has 0 fully saturated rings. The number of amidine groups is 1. The highest BCUT2D eigenvalue weighted by atomic mass is 19.4. The van der Waals surface area contributed by atoms with Gasteiger partial charge in [0.05, 0.1) is 11.1 Å². The Kier molecular flexibility index (Phi) is 6.93. The number of nitrogens with one attached hydrogen (secondary N) is 1. The molecule has 0 bridgehead atoms. The van der Waals surface area contributed by atoms with Crippen molar-refractivity contribution in [3.63, 3.8) is 0 Å². The molecular weight excluding hydrogens is 482 g/mol. The van der Waals surface area contributed by atoms with Gasteiger partial charge >= 0.3 is 12.4 Å². The summed E-state index contributed by atoms with van der Waals surface area (Å²) in [4.78, 5) is 15.7. The largest absolute Gasteiger partial charge is 0.416 e. The molecule has 1 aliphatic heterocycles. The molecule has 0 saturated carbocycles. The lowest BCUT2D eigenvalue weighted by atomic mass is 9.82. The average Bonchev–Trinajstić information content (AvgIpc) is 2.82. The molecule has 0 aromatic heterocycles. The molecule has 0 amide bonds. The first-order valence-corrected chi connectivity index (χ1v) is 11.2. The Labute approximate surface area is 203 Å². The summed E-state index contributed by atoms with van der Waals surface area (Å²) in [6, 6.07) is 15.4. The smallest absolute Gasteiger partial charge is 0.340 e.